The van der Waals surface area contributed by atoms with Crippen molar-refractivity contribution < 1.29 is 0 Å². The number of hydrogen-bond donors (Lipinski definition) is 1. The highest BCUT2D eigenvalue weighted by molar-refractivity contribution is 9.10. The van der Waals surface area contributed by atoms with E-state index in [1.807, 2.05) is 0 Å². The summed E-state index contributed by atoms with van der Waals surface area (Å²) < 4.78 is 1.20. The van der Waals surface area contributed by atoms with E-state index in [9.17, 15) is 0 Å². The van der Waals surface area contributed by atoms with E-state index < -0.39 is 0 Å². The summed E-state index contributed by atoms with van der Waals surface area (Å²) in [5.74, 6) is 0.870. The first kappa shape index (κ1) is 13.9. The van der Waals surface area contributed by atoms with E-state index in [1.165, 1.54) is 48.1 Å². The second-order valence-electron chi connectivity index (χ2n) is 5.34. The van der Waals surface area contributed by atoms with Gasteiger partial charge in [0.2, 0.25) is 0 Å². The van der Waals surface area contributed by atoms with Gasteiger partial charge in [0.15, 0.2) is 0 Å². The van der Waals surface area contributed by atoms with Crippen molar-refractivity contribution in [2.45, 2.75) is 32.6 Å². The fraction of sp³-hybridized carbons (Fsp3) is 0.600. The standard InChI is InChI=1S/C15H23BrN2/c1-12-3-2-9-18(10-7-12)14-5-4-13(6-8-17)15(16)11-14/h4-5,11-12H,2-3,6-10,17H2,1H3. The monoisotopic (exact) mass is 310 g/mol. The molecule has 1 aromatic rings. The van der Waals surface area contributed by atoms with Crippen molar-refractivity contribution in [2.24, 2.45) is 11.7 Å². The smallest absolute Gasteiger partial charge is 0.0377 e. The van der Waals surface area contributed by atoms with Crippen LogP contribution >= 0.6 is 15.9 Å². The molecule has 0 aromatic heterocycles. The fourth-order valence-electron chi connectivity index (χ4n) is 2.61. The van der Waals surface area contributed by atoms with Crippen LogP contribution in [0, 0.1) is 5.92 Å². The van der Waals surface area contributed by atoms with Crippen molar-refractivity contribution in [1.82, 2.24) is 0 Å². The number of halogens is 1. The van der Waals surface area contributed by atoms with E-state index in [0.717, 1.165) is 12.3 Å². The lowest BCUT2D eigenvalue weighted by atomic mass is 10.0. The molecule has 1 unspecified atom stereocenters. The Morgan fingerprint density at radius 3 is 2.89 bits per heavy atom. The summed E-state index contributed by atoms with van der Waals surface area (Å²) in [5.41, 5.74) is 8.27. The molecule has 1 aliphatic rings. The quantitative estimate of drug-likeness (QED) is 0.924. The topological polar surface area (TPSA) is 29.3 Å². The first-order chi connectivity index (χ1) is 8.70. The molecule has 2 N–H and O–H groups in total. The number of hydrogen-bond acceptors (Lipinski definition) is 2. The molecule has 1 aromatic carbocycles. The van der Waals surface area contributed by atoms with Crippen LogP contribution in [-0.4, -0.2) is 19.6 Å². The summed E-state index contributed by atoms with van der Waals surface area (Å²) in [6.07, 6.45) is 4.92. The summed E-state index contributed by atoms with van der Waals surface area (Å²) in [5, 5.41) is 0. The summed E-state index contributed by atoms with van der Waals surface area (Å²) in [4.78, 5) is 2.51. The van der Waals surface area contributed by atoms with Crippen molar-refractivity contribution in [3.63, 3.8) is 0 Å². The fourth-order valence-corrected chi connectivity index (χ4v) is 3.18. The lowest BCUT2D eigenvalue weighted by Gasteiger charge is -2.23. The predicted molar refractivity (Wildman–Crippen MR) is 82.1 cm³/mol. The first-order valence-electron chi connectivity index (χ1n) is 6.94. The van der Waals surface area contributed by atoms with Crippen molar-refractivity contribution in [2.75, 3.05) is 24.5 Å². The van der Waals surface area contributed by atoms with Gasteiger partial charge in [-0.1, -0.05) is 28.9 Å². The van der Waals surface area contributed by atoms with Gasteiger partial charge in [-0.15, -0.1) is 0 Å². The van der Waals surface area contributed by atoms with Gasteiger partial charge in [0, 0.05) is 23.2 Å². The minimum absolute atomic E-state index is 0.708. The molecule has 1 heterocycles. The third kappa shape index (κ3) is 3.48. The van der Waals surface area contributed by atoms with E-state index in [-0.39, 0.29) is 0 Å². The average Bonchev–Trinajstić information content (AvgIpc) is 2.57. The van der Waals surface area contributed by atoms with Crippen molar-refractivity contribution in [3.8, 4) is 0 Å². The molecule has 1 aliphatic heterocycles. The molecule has 0 bridgehead atoms. The highest BCUT2D eigenvalue weighted by atomic mass is 79.9. The lowest BCUT2D eigenvalue weighted by molar-refractivity contribution is 0.521. The Balaban J connectivity index is 2.10. The Hall–Kier alpha value is -0.540. The summed E-state index contributed by atoms with van der Waals surface area (Å²) >= 11 is 3.66. The Morgan fingerprint density at radius 1 is 1.33 bits per heavy atom. The van der Waals surface area contributed by atoms with Gasteiger partial charge in [-0.3, -0.25) is 0 Å². The summed E-state index contributed by atoms with van der Waals surface area (Å²) in [6, 6.07) is 6.70. The predicted octanol–water partition coefficient (Wildman–Crippen LogP) is 3.58. The van der Waals surface area contributed by atoms with Crippen LogP contribution in [0.1, 0.15) is 31.7 Å². The van der Waals surface area contributed by atoms with Gasteiger partial charge in [0.05, 0.1) is 0 Å². The minimum atomic E-state index is 0.708. The van der Waals surface area contributed by atoms with E-state index in [4.69, 9.17) is 5.73 Å². The number of anilines is 1. The number of nitrogens with zero attached hydrogens (tertiary/aromatic N) is 1. The highest BCUT2D eigenvalue weighted by Gasteiger charge is 2.14. The van der Waals surface area contributed by atoms with E-state index in [0.29, 0.717) is 6.54 Å². The van der Waals surface area contributed by atoms with Crippen LogP contribution in [0.4, 0.5) is 5.69 Å². The Kier molecular flexibility index (Phi) is 5.07. The first-order valence-corrected chi connectivity index (χ1v) is 7.73. The second-order valence-corrected chi connectivity index (χ2v) is 6.19. The zero-order valence-corrected chi connectivity index (χ0v) is 12.7. The van der Waals surface area contributed by atoms with Crippen molar-refractivity contribution >= 4 is 21.6 Å². The van der Waals surface area contributed by atoms with Crippen molar-refractivity contribution in [3.05, 3.63) is 28.2 Å². The second kappa shape index (κ2) is 6.58. The normalized spacial score (nSPS) is 20.8. The molecular weight excluding hydrogens is 288 g/mol. The molecule has 1 atom stereocenters. The zero-order valence-electron chi connectivity index (χ0n) is 11.2. The molecule has 0 saturated carbocycles. The molecule has 0 amide bonds. The van der Waals surface area contributed by atoms with Crippen LogP contribution in [0.5, 0.6) is 0 Å². The molecule has 0 radical (unpaired) electrons. The maximum Gasteiger partial charge on any atom is 0.0377 e. The Morgan fingerprint density at radius 2 is 2.17 bits per heavy atom. The van der Waals surface area contributed by atoms with Crippen molar-refractivity contribution in [1.29, 1.82) is 0 Å². The van der Waals surface area contributed by atoms with E-state index >= 15 is 0 Å². The van der Waals surface area contributed by atoms with Gasteiger partial charge in [-0.05, 0) is 55.8 Å². The largest absolute Gasteiger partial charge is 0.371 e. The number of benzene rings is 1. The maximum atomic E-state index is 5.61. The lowest BCUT2D eigenvalue weighted by Crippen LogP contribution is -2.24. The molecule has 1 fully saturated rings. The third-order valence-corrected chi connectivity index (χ3v) is 4.57. The molecule has 18 heavy (non-hydrogen) atoms. The van der Waals surface area contributed by atoms with Crippen LogP contribution in [0.2, 0.25) is 0 Å². The van der Waals surface area contributed by atoms with Crippen LogP contribution < -0.4 is 10.6 Å². The van der Waals surface area contributed by atoms with Gasteiger partial charge in [0.25, 0.3) is 0 Å². The van der Waals surface area contributed by atoms with Gasteiger partial charge in [-0.25, -0.2) is 0 Å². The molecule has 0 aliphatic carbocycles. The number of nitrogens with two attached hydrogens (primary N) is 1. The van der Waals surface area contributed by atoms with E-state index in [1.54, 1.807) is 0 Å². The molecule has 2 nitrogen and oxygen atoms in total. The average molecular weight is 311 g/mol. The van der Waals surface area contributed by atoms with E-state index in [2.05, 4.69) is 46.0 Å². The SMILES string of the molecule is CC1CCCN(c2ccc(CCN)c(Br)c2)CC1. The minimum Gasteiger partial charge on any atom is -0.371 e. The van der Waals surface area contributed by atoms with Gasteiger partial charge in [0.1, 0.15) is 0 Å². The molecule has 0 spiro atoms. The number of rotatable bonds is 3. The molecule has 100 valence electrons. The Labute approximate surface area is 119 Å². The van der Waals surface area contributed by atoms with Crippen LogP contribution in [-0.2, 0) is 6.42 Å². The third-order valence-electron chi connectivity index (χ3n) is 3.83. The molecule has 1 saturated heterocycles. The van der Waals surface area contributed by atoms with Crippen LogP contribution in [0.15, 0.2) is 22.7 Å². The maximum absolute atomic E-state index is 5.61. The van der Waals surface area contributed by atoms with Crippen LogP contribution in [0.25, 0.3) is 0 Å². The summed E-state index contributed by atoms with van der Waals surface area (Å²) in [6.45, 7) is 5.44. The molecular formula is C15H23BrN2. The van der Waals surface area contributed by atoms with Gasteiger partial charge < -0.3 is 10.6 Å². The van der Waals surface area contributed by atoms with Crippen LogP contribution in [0.3, 0.4) is 0 Å². The molecule has 2 rings (SSSR count). The summed E-state index contributed by atoms with van der Waals surface area (Å²) in [7, 11) is 0. The van der Waals surface area contributed by atoms with Gasteiger partial charge >= 0.3 is 0 Å². The van der Waals surface area contributed by atoms with Gasteiger partial charge in [-0.2, -0.15) is 0 Å². The Bertz CT molecular complexity index is 392. The highest BCUT2D eigenvalue weighted by Crippen LogP contribution is 2.27. The molecule has 3 heteroatoms. The zero-order chi connectivity index (χ0) is 13.0.